The minimum absolute atomic E-state index is 0.348. The first kappa shape index (κ1) is 42.9. The second-order valence-electron chi connectivity index (χ2n) is 17.5. The molecule has 0 aromatic heterocycles. The van der Waals surface area contributed by atoms with Crippen LogP contribution in [0, 0.1) is 0 Å². The summed E-state index contributed by atoms with van der Waals surface area (Å²) < 4.78 is 31.5. The fourth-order valence-corrected chi connectivity index (χ4v) is 22.2. The fourth-order valence-electron chi connectivity index (χ4n) is 12.0. The predicted molar refractivity (Wildman–Crippen MR) is 297 cm³/mol. The highest BCUT2D eigenvalue weighted by molar-refractivity contribution is 8.46. The number of methoxy groups -OCH3 is 4. The van der Waals surface area contributed by atoms with E-state index in [9.17, 15) is 0 Å². The van der Waals surface area contributed by atoms with Gasteiger partial charge in [0, 0.05) is 34.1 Å². The first-order valence-corrected chi connectivity index (χ1v) is 30.1. The molecule has 2 aliphatic heterocycles. The molecule has 332 valence electrons. The van der Waals surface area contributed by atoms with Crippen molar-refractivity contribution in [2.45, 2.75) is 36.5 Å². The summed E-state index contributed by atoms with van der Waals surface area (Å²) in [4.78, 5) is 0. The van der Waals surface area contributed by atoms with Crippen molar-refractivity contribution in [1.29, 1.82) is 0 Å². The molecular formula is C54H44O4S8. The number of hydrogen-bond donors (Lipinski definition) is 0. The monoisotopic (exact) mass is 1010 g/mol. The van der Waals surface area contributed by atoms with Gasteiger partial charge in [-0.2, -0.15) is 0 Å². The summed E-state index contributed by atoms with van der Waals surface area (Å²) in [6, 6.07) is 29.0. The van der Waals surface area contributed by atoms with E-state index in [0.717, 1.165) is 35.8 Å². The first-order chi connectivity index (χ1) is 32.3. The SMILES string of the molecule is COc1cc2cc3c(cc2cc1OC)[C@@H]1C[C@H]3c2cc3c(=C4SC(SC)=C(SC)S4)c4cc5c(cc4c(=C4SC(SC)=C(SC)S4)c3cc21)[C@@H]1C[C@H]5c2cc3cc(OC)c(OC)cc3cc21. The topological polar surface area (TPSA) is 36.9 Å². The van der Waals surface area contributed by atoms with Crippen LogP contribution in [-0.2, 0) is 0 Å². The molecule has 4 nitrogen and oxygen atoms in total. The lowest BCUT2D eigenvalue weighted by Gasteiger charge is -2.24. The van der Waals surface area contributed by atoms with Gasteiger partial charge in [-0.25, -0.2) is 0 Å². The van der Waals surface area contributed by atoms with E-state index in [-0.39, 0.29) is 0 Å². The number of thioether (sulfide) groups is 8. The van der Waals surface area contributed by atoms with Gasteiger partial charge in [0.25, 0.3) is 0 Å². The molecule has 12 heteroatoms. The predicted octanol–water partition coefficient (Wildman–Crippen LogP) is 15.1. The largest absolute Gasteiger partial charge is 0.493 e. The Bertz CT molecular complexity index is 3120. The molecular weight excluding hydrogens is 969 g/mol. The quantitative estimate of drug-likeness (QED) is 0.136. The van der Waals surface area contributed by atoms with Gasteiger partial charge in [0.05, 0.1) is 53.9 Å². The van der Waals surface area contributed by atoms with Crippen LogP contribution >= 0.6 is 94.1 Å². The van der Waals surface area contributed by atoms with Crippen LogP contribution in [0.5, 0.6) is 23.0 Å². The number of rotatable bonds is 8. The van der Waals surface area contributed by atoms with Crippen LogP contribution in [0.1, 0.15) is 81.0 Å². The summed E-state index contributed by atoms with van der Waals surface area (Å²) in [6.45, 7) is 0. The maximum Gasteiger partial charge on any atom is 0.161 e. The molecule has 4 aliphatic carbocycles. The lowest BCUT2D eigenvalue weighted by molar-refractivity contribution is 0.356. The Morgan fingerprint density at radius 1 is 0.348 bits per heavy atom. The third-order valence-corrected chi connectivity index (χ3v) is 25.2. The molecule has 7 aromatic rings. The van der Waals surface area contributed by atoms with Crippen molar-refractivity contribution in [2.24, 2.45) is 0 Å². The molecule has 4 bridgehead atoms. The molecule has 0 amide bonds. The first-order valence-electron chi connectivity index (χ1n) is 21.9. The number of hydrogen-bond acceptors (Lipinski definition) is 12. The second-order valence-corrected chi connectivity index (χ2v) is 26.4. The Labute approximate surface area is 418 Å². The maximum absolute atomic E-state index is 5.78. The van der Waals surface area contributed by atoms with Crippen LogP contribution in [0.25, 0.3) is 51.6 Å². The van der Waals surface area contributed by atoms with Crippen LogP contribution < -0.4 is 29.4 Å². The Kier molecular flexibility index (Phi) is 10.5. The lowest BCUT2D eigenvalue weighted by Crippen LogP contribution is -2.19. The Balaban J connectivity index is 1.10. The molecule has 0 spiro atoms. The van der Waals surface area contributed by atoms with Crippen LogP contribution in [0.15, 0.2) is 89.7 Å². The molecule has 13 rings (SSSR count). The van der Waals surface area contributed by atoms with Crippen LogP contribution in [0.2, 0.25) is 0 Å². The fraction of sp³-hybridized carbons (Fsp3) is 0.259. The normalized spacial score (nSPS) is 21.0. The number of benzene rings is 7. The van der Waals surface area contributed by atoms with E-state index < -0.39 is 0 Å². The smallest absolute Gasteiger partial charge is 0.161 e. The summed E-state index contributed by atoms with van der Waals surface area (Å²) in [5, 5.41) is 13.2. The third kappa shape index (κ3) is 6.10. The van der Waals surface area contributed by atoms with Gasteiger partial charge < -0.3 is 18.9 Å². The number of fused-ring (bicyclic) bond motifs is 20. The Morgan fingerprint density at radius 2 is 0.576 bits per heavy atom. The molecule has 0 radical (unpaired) electrons. The average Bonchev–Trinajstić information content (AvgIpc) is 4.22. The standard InChI is InChI=1S/C54H44O4S8/c1-55-43-13-23-9-27-28(10-24(23)14-44(43)56-2)32-17-31(27)35-19-39-40(20-36(32)35)48(50-65-53(61-7)54(62-8)66-50)42-22-38-34-18-33(29-11-25-15-45(57-3)46(58-4)16-26(25)12-30(29)34)37(38)21-41(42)47(39)49-63-51(59-5)52(60-6)64-49/h9-16,19-22,31-34H,17-18H2,1-8H3/t31-,32+,33+,34-. The van der Waals surface area contributed by atoms with Crippen molar-refractivity contribution in [3.63, 3.8) is 0 Å². The zero-order valence-electron chi connectivity index (χ0n) is 37.6. The van der Waals surface area contributed by atoms with Crippen molar-refractivity contribution < 1.29 is 18.9 Å². The highest BCUT2D eigenvalue weighted by atomic mass is 32.3. The molecule has 0 N–H and O–H groups in total. The van der Waals surface area contributed by atoms with Crippen molar-refractivity contribution >= 4 is 146 Å². The van der Waals surface area contributed by atoms with Gasteiger partial charge in [0.15, 0.2) is 23.0 Å². The van der Waals surface area contributed by atoms with Crippen LogP contribution in [0.3, 0.4) is 0 Å². The van der Waals surface area contributed by atoms with Gasteiger partial charge in [-0.05, 0) is 174 Å². The van der Waals surface area contributed by atoms with E-state index in [4.69, 9.17) is 18.9 Å². The van der Waals surface area contributed by atoms with E-state index in [2.05, 4.69) is 97.8 Å². The van der Waals surface area contributed by atoms with Gasteiger partial charge in [0.2, 0.25) is 0 Å². The van der Waals surface area contributed by atoms with Gasteiger partial charge in [-0.1, -0.05) is 71.3 Å². The molecule has 0 saturated heterocycles. The van der Waals surface area contributed by atoms with Crippen molar-refractivity contribution in [3.05, 3.63) is 145 Å². The van der Waals surface area contributed by atoms with E-state index in [1.54, 1.807) is 28.4 Å². The maximum atomic E-state index is 5.78. The molecule has 0 unspecified atom stereocenters. The molecule has 66 heavy (non-hydrogen) atoms. The van der Waals surface area contributed by atoms with E-state index in [0.29, 0.717) is 23.7 Å². The minimum atomic E-state index is 0.348. The molecule has 7 aromatic carbocycles. The zero-order valence-corrected chi connectivity index (χ0v) is 44.1. The molecule has 4 atom stereocenters. The summed E-state index contributed by atoms with van der Waals surface area (Å²) in [5.41, 5.74) is 11.9. The second kappa shape index (κ2) is 16.2. The lowest BCUT2D eigenvalue weighted by atomic mass is 9.81. The molecule has 6 aliphatic rings. The summed E-state index contributed by atoms with van der Waals surface area (Å²) >= 11 is 15.5. The molecule has 0 fully saturated rings. The van der Waals surface area contributed by atoms with Crippen LogP contribution in [0.4, 0.5) is 0 Å². The Morgan fingerprint density at radius 3 is 0.788 bits per heavy atom. The summed E-state index contributed by atoms with van der Waals surface area (Å²) in [6.07, 6.45) is 11.2. The van der Waals surface area contributed by atoms with Gasteiger partial charge in [0.1, 0.15) is 0 Å². The minimum Gasteiger partial charge on any atom is -0.493 e. The van der Waals surface area contributed by atoms with E-state index >= 15 is 0 Å². The van der Waals surface area contributed by atoms with E-state index in [1.807, 2.05) is 94.1 Å². The van der Waals surface area contributed by atoms with E-state index in [1.165, 1.54) is 123 Å². The van der Waals surface area contributed by atoms with Crippen molar-refractivity contribution in [1.82, 2.24) is 0 Å². The third-order valence-electron chi connectivity index (χ3n) is 14.8. The average molecular weight is 1010 g/mol. The highest BCUT2D eigenvalue weighted by Gasteiger charge is 2.44. The zero-order chi connectivity index (χ0) is 44.9. The van der Waals surface area contributed by atoms with Crippen LogP contribution in [-0.4, -0.2) is 53.5 Å². The molecule has 2 heterocycles. The van der Waals surface area contributed by atoms with Crippen molar-refractivity contribution in [2.75, 3.05) is 53.5 Å². The van der Waals surface area contributed by atoms with Gasteiger partial charge >= 0.3 is 0 Å². The number of ether oxygens (including phenoxy) is 4. The van der Waals surface area contributed by atoms with Crippen molar-refractivity contribution in [3.8, 4) is 23.0 Å². The summed E-state index contributed by atoms with van der Waals surface area (Å²) in [5.74, 6) is 4.49. The Hall–Kier alpha value is -3.20. The van der Waals surface area contributed by atoms with Gasteiger partial charge in [-0.3, -0.25) is 0 Å². The van der Waals surface area contributed by atoms with Gasteiger partial charge in [-0.15, -0.1) is 47.0 Å². The highest BCUT2D eigenvalue weighted by Crippen LogP contribution is 2.62. The summed E-state index contributed by atoms with van der Waals surface area (Å²) in [7, 11) is 6.91. The molecule has 0 saturated carbocycles.